The number of aromatic nitrogens is 4. The van der Waals surface area contributed by atoms with Crippen molar-refractivity contribution in [3.8, 4) is 22.8 Å². The Balaban J connectivity index is 1.26. The molecule has 2 aliphatic heterocycles. The van der Waals surface area contributed by atoms with E-state index >= 15 is 0 Å². The van der Waals surface area contributed by atoms with Gasteiger partial charge in [0.05, 0.1) is 30.2 Å². The number of rotatable bonds is 5. The van der Waals surface area contributed by atoms with Crippen LogP contribution in [0.15, 0.2) is 42.9 Å². The maximum atomic E-state index is 12.6. The number of imide groups is 1. The third-order valence-electron chi connectivity index (χ3n) is 6.44. The third-order valence-corrected chi connectivity index (χ3v) is 6.44. The lowest BCUT2D eigenvalue weighted by Gasteiger charge is -2.18. The number of nitrogens with one attached hydrogen (secondary N) is 1. The Bertz CT molecular complexity index is 1260. The van der Waals surface area contributed by atoms with Gasteiger partial charge in [-0.1, -0.05) is 13.8 Å². The monoisotopic (exact) mass is 476 g/mol. The van der Waals surface area contributed by atoms with Crippen LogP contribution in [-0.4, -0.2) is 56.3 Å². The van der Waals surface area contributed by atoms with Crippen molar-refractivity contribution in [2.45, 2.75) is 39.7 Å². The fourth-order valence-corrected chi connectivity index (χ4v) is 4.22. The molecule has 2 fully saturated rings. The Kier molecular flexibility index (Phi) is 5.98. The summed E-state index contributed by atoms with van der Waals surface area (Å²) < 4.78 is 13.4. The van der Waals surface area contributed by atoms with Gasteiger partial charge < -0.3 is 9.47 Å². The number of hydrogen-bond donors (Lipinski definition) is 1. The number of nitrogens with zero attached hydrogens (tertiary/aromatic N) is 5. The van der Waals surface area contributed by atoms with Crippen LogP contribution in [0.1, 0.15) is 38.4 Å². The zero-order valence-corrected chi connectivity index (χ0v) is 20.0. The maximum Gasteiger partial charge on any atom is 0.329 e. The second-order valence-electron chi connectivity index (χ2n) is 9.51. The lowest BCUT2D eigenvalue weighted by Crippen LogP contribution is -2.39. The second kappa shape index (κ2) is 9.10. The summed E-state index contributed by atoms with van der Waals surface area (Å²) in [7, 11) is 0. The van der Waals surface area contributed by atoms with Gasteiger partial charge in [0, 0.05) is 42.6 Å². The molecule has 0 bridgehead atoms. The number of anilines is 1. The number of urea groups is 1. The summed E-state index contributed by atoms with van der Waals surface area (Å²) in [4.78, 5) is 35.1. The smallest absolute Gasteiger partial charge is 0.329 e. The Morgan fingerprint density at radius 1 is 1.29 bits per heavy atom. The molecule has 1 atom stereocenters. The minimum Gasteiger partial charge on any atom is -0.455 e. The van der Waals surface area contributed by atoms with Crippen LogP contribution in [0.3, 0.4) is 0 Å². The summed E-state index contributed by atoms with van der Waals surface area (Å²) in [6.07, 6.45) is 7.05. The van der Waals surface area contributed by atoms with Crippen LogP contribution in [0.2, 0.25) is 0 Å². The SMILES string of the molecule is Cc1nc(NC(=O)N2CCC(C)(C)C2=O)ccc1Oc1ccnc(-c2cnn([C@H]3CCOC3)c2)c1. The summed E-state index contributed by atoms with van der Waals surface area (Å²) in [6.45, 7) is 7.32. The first-order valence-corrected chi connectivity index (χ1v) is 11.7. The van der Waals surface area contributed by atoms with E-state index in [1.807, 2.05) is 30.8 Å². The van der Waals surface area contributed by atoms with Gasteiger partial charge in [0.1, 0.15) is 17.3 Å². The highest BCUT2D eigenvalue weighted by molar-refractivity contribution is 6.03. The van der Waals surface area contributed by atoms with E-state index < -0.39 is 11.4 Å². The van der Waals surface area contributed by atoms with Crippen molar-refractivity contribution < 1.29 is 19.1 Å². The van der Waals surface area contributed by atoms with Gasteiger partial charge in [-0.15, -0.1) is 0 Å². The van der Waals surface area contributed by atoms with E-state index in [0.29, 0.717) is 42.6 Å². The molecule has 0 radical (unpaired) electrons. The van der Waals surface area contributed by atoms with Gasteiger partial charge in [-0.3, -0.25) is 24.7 Å². The van der Waals surface area contributed by atoms with Crippen LogP contribution in [0.4, 0.5) is 10.6 Å². The van der Waals surface area contributed by atoms with Crippen LogP contribution in [0.5, 0.6) is 11.5 Å². The van der Waals surface area contributed by atoms with Crippen LogP contribution < -0.4 is 10.1 Å². The minimum atomic E-state index is -0.522. The quantitative estimate of drug-likeness (QED) is 0.588. The molecule has 10 heteroatoms. The number of hydrogen-bond acceptors (Lipinski definition) is 7. The molecule has 3 aromatic heterocycles. The van der Waals surface area contributed by atoms with E-state index in [4.69, 9.17) is 9.47 Å². The van der Waals surface area contributed by atoms with Crippen LogP contribution in [0.25, 0.3) is 11.3 Å². The third kappa shape index (κ3) is 4.74. The van der Waals surface area contributed by atoms with Gasteiger partial charge in [-0.25, -0.2) is 9.78 Å². The molecule has 3 aromatic rings. The number of amides is 3. The van der Waals surface area contributed by atoms with Gasteiger partial charge >= 0.3 is 6.03 Å². The molecule has 0 unspecified atom stereocenters. The Labute approximate surface area is 203 Å². The number of carbonyl (C=O) groups excluding carboxylic acids is 2. The predicted octanol–water partition coefficient (Wildman–Crippen LogP) is 4.19. The minimum absolute atomic E-state index is 0.178. The molecule has 35 heavy (non-hydrogen) atoms. The molecule has 182 valence electrons. The molecule has 5 heterocycles. The van der Waals surface area contributed by atoms with Crippen LogP contribution >= 0.6 is 0 Å². The fourth-order valence-electron chi connectivity index (χ4n) is 4.22. The van der Waals surface area contributed by atoms with Gasteiger partial charge in [0.2, 0.25) is 5.91 Å². The highest BCUT2D eigenvalue weighted by atomic mass is 16.5. The van der Waals surface area contributed by atoms with Crippen molar-refractivity contribution >= 4 is 17.8 Å². The Morgan fingerprint density at radius 3 is 2.86 bits per heavy atom. The van der Waals surface area contributed by atoms with Gasteiger partial charge in [0.15, 0.2) is 0 Å². The normalized spacial score (nSPS) is 19.2. The van der Waals surface area contributed by atoms with Crippen molar-refractivity contribution in [1.29, 1.82) is 0 Å². The Hall–Kier alpha value is -3.79. The molecule has 1 N–H and O–H groups in total. The highest BCUT2D eigenvalue weighted by Crippen LogP contribution is 2.32. The molecule has 0 saturated carbocycles. The highest BCUT2D eigenvalue weighted by Gasteiger charge is 2.41. The molecular weight excluding hydrogens is 448 g/mol. The van der Waals surface area contributed by atoms with Gasteiger partial charge in [-0.05, 0) is 38.0 Å². The number of ether oxygens (including phenoxy) is 2. The number of likely N-dealkylation sites (tertiary alicyclic amines) is 1. The zero-order chi connectivity index (χ0) is 24.6. The first kappa shape index (κ1) is 23.0. The molecule has 0 aromatic carbocycles. The van der Waals surface area contributed by atoms with Crippen molar-refractivity contribution in [2.24, 2.45) is 5.41 Å². The first-order chi connectivity index (χ1) is 16.8. The largest absolute Gasteiger partial charge is 0.455 e. The van der Waals surface area contributed by atoms with Crippen molar-refractivity contribution in [2.75, 3.05) is 25.1 Å². The molecular formula is C25H28N6O4. The topological polar surface area (TPSA) is 111 Å². The maximum absolute atomic E-state index is 12.6. The van der Waals surface area contributed by atoms with E-state index in [9.17, 15) is 9.59 Å². The van der Waals surface area contributed by atoms with Gasteiger partial charge in [0.25, 0.3) is 0 Å². The van der Waals surface area contributed by atoms with E-state index in [1.165, 1.54) is 4.90 Å². The summed E-state index contributed by atoms with van der Waals surface area (Å²) in [6, 6.07) is 6.81. The van der Waals surface area contributed by atoms with Crippen molar-refractivity contribution in [1.82, 2.24) is 24.6 Å². The number of aryl methyl sites for hydroxylation is 1. The zero-order valence-electron chi connectivity index (χ0n) is 20.0. The molecule has 10 nitrogen and oxygen atoms in total. The number of carbonyl (C=O) groups is 2. The first-order valence-electron chi connectivity index (χ1n) is 11.7. The van der Waals surface area contributed by atoms with E-state index in [2.05, 4.69) is 20.4 Å². The number of pyridine rings is 2. The average molecular weight is 477 g/mol. The lowest BCUT2D eigenvalue weighted by molar-refractivity contribution is -0.131. The van der Waals surface area contributed by atoms with Crippen LogP contribution in [-0.2, 0) is 9.53 Å². The van der Waals surface area contributed by atoms with Crippen molar-refractivity contribution in [3.63, 3.8) is 0 Å². The van der Waals surface area contributed by atoms with Crippen molar-refractivity contribution in [3.05, 3.63) is 48.5 Å². The van der Waals surface area contributed by atoms with Crippen LogP contribution in [0, 0.1) is 12.3 Å². The van der Waals surface area contributed by atoms with E-state index in [-0.39, 0.29) is 11.9 Å². The summed E-state index contributed by atoms with van der Waals surface area (Å²) in [5.41, 5.74) is 1.73. The average Bonchev–Trinajstić information content (AvgIpc) is 3.57. The lowest BCUT2D eigenvalue weighted by atomic mass is 9.92. The molecule has 0 spiro atoms. The Morgan fingerprint density at radius 2 is 2.14 bits per heavy atom. The molecule has 2 saturated heterocycles. The standard InChI is InChI=1S/C25H28N6O4/c1-16-21(4-5-22(28-16)29-24(33)30-10-8-25(2,3)23(30)32)35-19-6-9-26-20(12-19)17-13-27-31(14-17)18-7-11-34-15-18/h4-6,9,12-14,18H,7-8,10-11,15H2,1-3H3,(H,28,29,33)/t18-/m0/s1. The predicted molar refractivity (Wildman–Crippen MR) is 128 cm³/mol. The summed E-state index contributed by atoms with van der Waals surface area (Å²) >= 11 is 0. The summed E-state index contributed by atoms with van der Waals surface area (Å²) in [5, 5.41) is 7.17. The van der Waals surface area contributed by atoms with Gasteiger partial charge in [-0.2, -0.15) is 5.10 Å². The summed E-state index contributed by atoms with van der Waals surface area (Å²) in [5.74, 6) is 1.34. The molecule has 5 rings (SSSR count). The van der Waals surface area contributed by atoms with E-state index in [0.717, 1.165) is 24.3 Å². The second-order valence-corrected chi connectivity index (χ2v) is 9.51. The fraction of sp³-hybridized carbons (Fsp3) is 0.400. The molecule has 3 amide bonds. The molecule has 0 aliphatic carbocycles. The molecule has 2 aliphatic rings. The van der Waals surface area contributed by atoms with E-state index in [1.54, 1.807) is 37.5 Å².